The third-order valence-electron chi connectivity index (χ3n) is 2.52. The average molecular weight is 333 g/mol. The first-order chi connectivity index (χ1) is 8.63. The van der Waals surface area contributed by atoms with Crippen LogP contribution in [-0.4, -0.2) is 25.0 Å². The van der Waals surface area contributed by atoms with E-state index in [-0.39, 0.29) is 0 Å². The van der Waals surface area contributed by atoms with E-state index < -0.39 is 18.1 Å². The Hall–Kier alpha value is -1.07. The Bertz CT molecular complexity index is 492. The molecule has 0 bridgehead atoms. The molecule has 0 saturated carbocycles. The minimum atomic E-state index is -0.665. The van der Waals surface area contributed by atoms with Crippen molar-refractivity contribution in [2.24, 2.45) is 4.99 Å². The number of carbonyl (C=O) groups is 1. The summed E-state index contributed by atoms with van der Waals surface area (Å²) in [5, 5.41) is 0.561. The van der Waals surface area contributed by atoms with Gasteiger partial charge in [0.05, 0.1) is 11.6 Å². The second-order valence-electron chi connectivity index (χ2n) is 3.68. The molecule has 0 saturated heterocycles. The number of rotatable bonds is 3. The zero-order valence-corrected chi connectivity index (χ0v) is 11.9. The first kappa shape index (κ1) is 13.4. The summed E-state index contributed by atoms with van der Waals surface area (Å²) < 4.78 is 11.1. The molecule has 6 heteroatoms. The van der Waals surface area contributed by atoms with Crippen LogP contribution in [0.2, 0.25) is 5.02 Å². The Kier molecular flexibility index (Phi) is 4.24. The summed E-state index contributed by atoms with van der Waals surface area (Å²) in [4.78, 5) is 15.7. The number of esters is 1. The van der Waals surface area contributed by atoms with Gasteiger partial charge in [0.25, 0.3) is 0 Å². The van der Waals surface area contributed by atoms with Crippen LogP contribution in [0.25, 0.3) is 0 Å². The highest BCUT2D eigenvalue weighted by atomic mass is 79.9. The Balaban J connectivity index is 2.22. The van der Waals surface area contributed by atoms with E-state index >= 15 is 0 Å². The molecule has 0 spiro atoms. The molecule has 0 amide bonds. The summed E-state index contributed by atoms with van der Waals surface area (Å²) in [6.45, 7) is 2.07. The molecule has 18 heavy (non-hydrogen) atoms. The molecule has 0 radical (unpaired) electrons. The molecule has 2 atom stereocenters. The Morgan fingerprint density at radius 3 is 3.06 bits per heavy atom. The number of hydrogen-bond acceptors (Lipinski definition) is 4. The number of benzene rings is 1. The van der Waals surface area contributed by atoms with Gasteiger partial charge in [-0.3, -0.25) is 0 Å². The average Bonchev–Trinajstić information content (AvgIpc) is 2.82. The summed E-state index contributed by atoms with van der Waals surface area (Å²) >= 11 is 9.33. The van der Waals surface area contributed by atoms with Gasteiger partial charge in [0, 0.05) is 4.47 Å². The molecule has 96 valence electrons. The van der Waals surface area contributed by atoms with Gasteiger partial charge in [-0.05, 0) is 40.5 Å². The molecule has 4 nitrogen and oxygen atoms in total. The van der Waals surface area contributed by atoms with Gasteiger partial charge in [0.15, 0.2) is 18.5 Å². The first-order valence-corrected chi connectivity index (χ1v) is 6.59. The fourth-order valence-electron chi connectivity index (χ4n) is 1.68. The zero-order chi connectivity index (χ0) is 13.1. The molecule has 2 rings (SSSR count). The van der Waals surface area contributed by atoms with Crippen molar-refractivity contribution >= 4 is 39.9 Å². The molecule has 1 aliphatic heterocycles. The lowest BCUT2D eigenvalue weighted by atomic mass is 10.0. The third-order valence-corrected chi connectivity index (χ3v) is 3.75. The zero-order valence-electron chi connectivity index (χ0n) is 9.60. The van der Waals surface area contributed by atoms with Crippen LogP contribution in [0.3, 0.4) is 0 Å². The second-order valence-corrected chi connectivity index (χ2v) is 4.94. The molecule has 1 aliphatic rings. The minimum Gasteiger partial charge on any atom is -0.473 e. The molecule has 2 unspecified atom stereocenters. The highest BCUT2D eigenvalue weighted by molar-refractivity contribution is 9.10. The SMILES string of the molecule is CCOC(=O)C1N=COC1c1ccc(Br)c(Cl)c1. The van der Waals surface area contributed by atoms with E-state index in [4.69, 9.17) is 21.1 Å². The van der Waals surface area contributed by atoms with Gasteiger partial charge in [-0.1, -0.05) is 17.7 Å². The van der Waals surface area contributed by atoms with E-state index in [0.717, 1.165) is 10.0 Å². The van der Waals surface area contributed by atoms with E-state index in [9.17, 15) is 4.79 Å². The number of halogens is 2. The van der Waals surface area contributed by atoms with Crippen LogP contribution in [0.4, 0.5) is 0 Å². The molecule has 0 N–H and O–H groups in total. The van der Waals surface area contributed by atoms with Crippen molar-refractivity contribution in [3.8, 4) is 0 Å². The van der Waals surface area contributed by atoms with E-state index in [0.29, 0.717) is 11.6 Å². The smallest absolute Gasteiger partial charge is 0.335 e. The Morgan fingerprint density at radius 2 is 2.39 bits per heavy atom. The first-order valence-electron chi connectivity index (χ1n) is 5.42. The van der Waals surface area contributed by atoms with E-state index in [1.807, 2.05) is 12.1 Å². The fourth-order valence-corrected chi connectivity index (χ4v) is 2.12. The van der Waals surface area contributed by atoms with Crippen molar-refractivity contribution in [3.63, 3.8) is 0 Å². The van der Waals surface area contributed by atoms with Crippen LogP contribution in [0, 0.1) is 0 Å². The van der Waals surface area contributed by atoms with Gasteiger partial charge in [-0.15, -0.1) is 0 Å². The second kappa shape index (κ2) is 5.71. The number of carbonyl (C=O) groups excluding carboxylic acids is 1. The number of ether oxygens (including phenoxy) is 2. The Labute approximate surface area is 118 Å². The van der Waals surface area contributed by atoms with Crippen LogP contribution in [-0.2, 0) is 14.3 Å². The number of hydrogen-bond donors (Lipinski definition) is 0. The maximum absolute atomic E-state index is 11.7. The number of aliphatic imine (C=N–C) groups is 1. The van der Waals surface area contributed by atoms with E-state index in [1.165, 1.54) is 6.40 Å². The van der Waals surface area contributed by atoms with Crippen molar-refractivity contribution in [2.45, 2.75) is 19.1 Å². The largest absolute Gasteiger partial charge is 0.473 e. The molecular weight excluding hydrogens is 321 g/mol. The predicted molar refractivity (Wildman–Crippen MR) is 71.9 cm³/mol. The van der Waals surface area contributed by atoms with Gasteiger partial charge in [0.2, 0.25) is 0 Å². The maximum Gasteiger partial charge on any atom is 0.335 e. The quantitative estimate of drug-likeness (QED) is 0.799. The Morgan fingerprint density at radius 1 is 1.61 bits per heavy atom. The molecular formula is C12H11BrClNO3. The number of nitrogens with zero attached hydrogens (tertiary/aromatic N) is 1. The van der Waals surface area contributed by atoms with Crippen LogP contribution in [0.15, 0.2) is 27.7 Å². The topological polar surface area (TPSA) is 47.9 Å². The van der Waals surface area contributed by atoms with Crippen molar-refractivity contribution in [2.75, 3.05) is 6.61 Å². The van der Waals surface area contributed by atoms with Crippen LogP contribution in [0.5, 0.6) is 0 Å². The lowest BCUT2D eigenvalue weighted by molar-refractivity contribution is -0.146. The maximum atomic E-state index is 11.7. The van der Waals surface area contributed by atoms with Crippen LogP contribution < -0.4 is 0 Å². The molecule has 0 fully saturated rings. The van der Waals surface area contributed by atoms with Crippen molar-refractivity contribution in [1.82, 2.24) is 0 Å². The third kappa shape index (κ3) is 2.67. The summed E-state index contributed by atoms with van der Waals surface area (Å²) in [6, 6.07) is 4.72. The summed E-state index contributed by atoms with van der Waals surface area (Å²) in [6.07, 6.45) is 0.803. The summed E-state index contributed by atoms with van der Waals surface area (Å²) in [5.41, 5.74) is 0.791. The monoisotopic (exact) mass is 331 g/mol. The molecule has 1 aromatic rings. The standard InChI is InChI=1S/C12H11BrClNO3/c1-2-17-12(16)10-11(18-6-15-10)7-3-4-8(13)9(14)5-7/h3-6,10-11H,2H2,1H3. The van der Waals surface area contributed by atoms with Gasteiger partial charge in [0.1, 0.15) is 0 Å². The molecule has 0 aromatic heterocycles. The van der Waals surface area contributed by atoms with E-state index in [2.05, 4.69) is 20.9 Å². The van der Waals surface area contributed by atoms with Gasteiger partial charge in [-0.2, -0.15) is 0 Å². The van der Waals surface area contributed by atoms with Gasteiger partial charge >= 0.3 is 5.97 Å². The normalized spacial score (nSPS) is 21.7. The van der Waals surface area contributed by atoms with Gasteiger partial charge in [-0.25, -0.2) is 9.79 Å². The summed E-state index contributed by atoms with van der Waals surface area (Å²) in [7, 11) is 0. The summed E-state index contributed by atoms with van der Waals surface area (Å²) in [5.74, 6) is -0.393. The lowest BCUT2D eigenvalue weighted by Gasteiger charge is -2.16. The van der Waals surface area contributed by atoms with E-state index in [1.54, 1.807) is 13.0 Å². The van der Waals surface area contributed by atoms with Crippen molar-refractivity contribution in [1.29, 1.82) is 0 Å². The van der Waals surface area contributed by atoms with Crippen LogP contribution >= 0.6 is 27.5 Å². The van der Waals surface area contributed by atoms with Crippen molar-refractivity contribution < 1.29 is 14.3 Å². The van der Waals surface area contributed by atoms with Crippen molar-refractivity contribution in [3.05, 3.63) is 33.3 Å². The minimum absolute atomic E-state index is 0.318. The highest BCUT2D eigenvalue weighted by Gasteiger charge is 2.35. The highest BCUT2D eigenvalue weighted by Crippen LogP contribution is 2.32. The van der Waals surface area contributed by atoms with Crippen LogP contribution in [0.1, 0.15) is 18.6 Å². The molecule has 0 aliphatic carbocycles. The predicted octanol–water partition coefficient (Wildman–Crippen LogP) is 3.13. The molecule has 1 aromatic carbocycles. The fraction of sp³-hybridized carbons (Fsp3) is 0.333. The molecule has 1 heterocycles. The lowest BCUT2D eigenvalue weighted by Crippen LogP contribution is -2.26. The van der Waals surface area contributed by atoms with Gasteiger partial charge < -0.3 is 9.47 Å².